The zero-order valence-corrected chi connectivity index (χ0v) is 10.6. The van der Waals surface area contributed by atoms with Gasteiger partial charge in [0.15, 0.2) is 0 Å². The van der Waals surface area contributed by atoms with Crippen LogP contribution in [-0.2, 0) is 0 Å². The van der Waals surface area contributed by atoms with Crippen molar-refractivity contribution < 1.29 is 0 Å². The van der Waals surface area contributed by atoms with Gasteiger partial charge in [-0.15, -0.1) is 11.8 Å². The summed E-state index contributed by atoms with van der Waals surface area (Å²) >= 11 is 1.91. The Morgan fingerprint density at radius 1 is 1.44 bits per heavy atom. The molecule has 2 nitrogen and oxygen atoms in total. The maximum Gasteiger partial charge on any atom is 0.0480 e. The lowest BCUT2D eigenvalue weighted by molar-refractivity contribution is 0.479. The summed E-state index contributed by atoms with van der Waals surface area (Å²) in [5, 5.41) is 7.09. The highest BCUT2D eigenvalue weighted by molar-refractivity contribution is 7.99. The van der Waals surface area contributed by atoms with Crippen LogP contribution in [0, 0.1) is 0 Å². The van der Waals surface area contributed by atoms with Crippen molar-refractivity contribution in [2.45, 2.75) is 30.7 Å². The minimum atomic E-state index is 0.590. The number of nitrogens with one attached hydrogen (secondary N) is 2. The van der Waals surface area contributed by atoms with Crippen molar-refractivity contribution >= 4 is 17.4 Å². The third kappa shape index (κ3) is 3.16. The van der Waals surface area contributed by atoms with Gasteiger partial charge in [0.25, 0.3) is 0 Å². The molecule has 3 heteroatoms. The van der Waals surface area contributed by atoms with E-state index >= 15 is 0 Å². The molecule has 1 heterocycles. The van der Waals surface area contributed by atoms with Gasteiger partial charge in [-0.3, -0.25) is 0 Å². The number of benzene rings is 1. The number of para-hydroxylation sites is 1. The third-order valence-electron chi connectivity index (χ3n) is 2.84. The quantitative estimate of drug-likeness (QED) is 0.786. The largest absolute Gasteiger partial charge is 0.380 e. The number of hydrogen-bond acceptors (Lipinski definition) is 3. The van der Waals surface area contributed by atoms with E-state index in [9.17, 15) is 0 Å². The lowest BCUT2D eigenvalue weighted by atomic mass is 10.1. The van der Waals surface area contributed by atoms with Crippen LogP contribution >= 0.6 is 11.8 Å². The summed E-state index contributed by atoms with van der Waals surface area (Å²) in [6, 6.07) is 9.20. The van der Waals surface area contributed by atoms with Gasteiger partial charge >= 0.3 is 0 Å². The van der Waals surface area contributed by atoms with Gasteiger partial charge in [0, 0.05) is 23.2 Å². The minimum Gasteiger partial charge on any atom is -0.380 e. The molecule has 0 aromatic heterocycles. The van der Waals surface area contributed by atoms with E-state index in [1.54, 1.807) is 0 Å². The topological polar surface area (TPSA) is 24.1 Å². The van der Waals surface area contributed by atoms with Crippen molar-refractivity contribution in [2.75, 3.05) is 24.2 Å². The van der Waals surface area contributed by atoms with Crippen molar-refractivity contribution in [3.8, 4) is 0 Å². The fourth-order valence-electron chi connectivity index (χ4n) is 2.06. The Labute approximate surface area is 102 Å². The van der Waals surface area contributed by atoms with Crippen LogP contribution < -0.4 is 10.6 Å². The van der Waals surface area contributed by atoms with Crippen LogP contribution in [0.2, 0.25) is 0 Å². The van der Waals surface area contributed by atoms with Crippen molar-refractivity contribution in [3.63, 3.8) is 0 Å². The summed E-state index contributed by atoms with van der Waals surface area (Å²) in [6.45, 7) is 4.46. The summed E-state index contributed by atoms with van der Waals surface area (Å²) in [5.41, 5.74) is 1.29. The average Bonchev–Trinajstić information content (AvgIpc) is 2.33. The Morgan fingerprint density at radius 2 is 2.31 bits per heavy atom. The molecule has 0 bridgehead atoms. The summed E-state index contributed by atoms with van der Waals surface area (Å²) in [4.78, 5) is 1.37. The van der Waals surface area contributed by atoms with Crippen LogP contribution in [0.25, 0.3) is 0 Å². The molecule has 1 aliphatic rings. The smallest absolute Gasteiger partial charge is 0.0480 e. The van der Waals surface area contributed by atoms with Gasteiger partial charge in [-0.25, -0.2) is 0 Å². The molecule has 16 heavy (non-hydrogen) atoms. The van der Waals surface area contributed by atoms with Gasteiger partial charge < -0.3 is 10.6 Å². The Kier molecular flexibility index (Phi) is 4.55. The van der Waals surface area contributed by atoms with Crippen LogP contribution in [0.5, 0.6) is 0 Å². The molecule has 2 rings (SSSR count). The third-order valence-corrected chi connectivity index (χ3v) is 3.80. The number of anilines is 1. The van der Waals surface area contributed by atoms with Gasteiger partial charge in [0.1, 0.15) is 0 Å². The summed E-state index contributed by atoms with van der Waals surface area (Å²) in [7, 11) is 0. The molecule has 1 aromatic rings. The van der Waals surface area contributed by atoms with E-state index in [1.807, 2.05) is 11.8 Å². The van der Waals surface area contributed by atoms with E-state index in [4.69, 9.17) is 0 Å². The SMILES string of the molecule is CCSc1ccccc1NC1CCCNC1. The van der Waals surface area contributed by atoms with E-state index in [1.165, 1.54) is 30.0 Å². The molecule has 0 radical (unpaired) electrons. The predicted molar refractivity (Wildman–Crippen MR) is 72.4 cm³/mol. The van der Waals surface area contributed by atoms with Gasteiger partial charge in [-0.05, 0) is 37.3 Å². The average molecular weight is 236 g/mol. The first kappa shape index (κ1) is 11.8. The van der Waals surface area contributed by atoms with Gasteiger partial charge in [-0.2, -0.15) is 0 Å². The highest BCUT2D eigenvalue weighted by atomic mass is 32.2. The normalized spacial score (nSPS) is 20.7. The molecule has 2 N–H and O–H groups in total. The maximum atomic E-state index is 3.65. The molecule has 0 amide bonds. The van der Waals surface area contributed by atoms with Crippen molar-refractivity contribution in [2.24, 2.45) is 0 Å². The van der Waals surface area contributed by atoms with Crippen molar-refractivity contribution in [1.82, 2.24) is 5.32 Å². The molecule has 1 fully saturated rings. The molecule has 0 aliphatic carbocycles. The summed E-state index contributed by atoms with van der Waals surface area (Å²) < 4.78 is 0. The zero-order valence-electron chi connectivity index (χ0n) is 9.83. The Morgan fingerprint density at radius 3 is 3.06 bits per heavy atom. The minimum absolute atomic E-state index is 0.590. The first-order valence-corrected chi connectivity index (χ1v) is 7.08. The number of hydrogen-bond donors (Lipinski definition) is 2. The van der Waals surface area contributed by atoms with E-state index in [2.05, 4.69) is 41.8 Å². The highest BCUT2D eigenvalue weighted by Crippen LogP contribution is 2.27. The molecule has 1 aromatic carbocycles. The molecule has 0 spiro atoms. The summed E-state index contributed by atoms with van der Waals surface area (Å²) in [5.74, 6) is 1.13. The van der Waals surface area contributed by atoms with Crippen LogP contribution in [0.4, 0.5) is 5.69 Å². The second kappa shape index (κ2) is 6.16. The second-order valence-electron chi connectivity index (χ2n) is 4.12. The van der Waals surface area contributed by atoms with Crippen LogP contribution in [0.15, 0.2) is 29.2 Å². The molecular formula is C13H20N2S. The monoisotopic (exact) mass is 236 g/mol. The number of piperidine rings is 1. The van der Waals surface area contributed by atoms with Crippen LogP contribution in [0.3, 0.4) is 0 Å². The molecule has 88 valence electrons. The predicted octanol–water partition coefficient (Wildman–Crippen LogP) is 2.96. The van der Waals surface area contributed by atoms with Crippen molar-refractivity contribution in [3.05, 3.63) is 24.3 Å². The molecule has 1 saturated heterocycles. The van der Waals surface area contributed by atoms with E-state index in [-0.39, 0.29) is 0 Å². The zero-order chi connectivity index (χ0) is 11.2. The number of rotatable bonds is 4. The highest BCUT2D eigenvalue weighted by Gasteiger charge is 2.13. The summed E-state index contributed by atoms with van der Waals surface area (Å²) in [6.07, 6.45) is 2.55. The Bertz CT molecular complexity index is 321. The molecular weight excluding hydrogens is 216 g/mol. The first-order valence-electron chi connectivity index (χ1n) is 6.09. The van der Waals surface area contributed by atoms with E-state index < -0.39 is 0 Å². The Hall–Kier alpha value is -0.670. The lowest BCUT2D eigenvalue weighted by Gasteiger charge is -2.25. The van der Waals surface area contributed by atoms with Crippen molar-refractivity contribution in [1.29, 1.82) is 0 Å². The van der Waals surface area contributed by atoms with Crippen LogP contribution in [0.1, 0.15) is 19.8 Å². The van der Waals surface area contributed by atoms with E-state index in [0.717, 1.165) is 12.3 Å². The van der Waals surface area contributed by atoms with Gasteiger partial charge in [0.05, 0.1) is 0 Å². The lowest BCUT2D eigenvalue weighted by Crippen LogP contribution is -2.38. The first-order chi connectivity index (χ1) is 7.90. The van der Waals surface area contributed by atoms with Gasteiger partial charge in [-0.1, -0.05) is 19.1 Å². The molecule has 1 atom stereocenters. The molecule has 0 saturated carbocycles. The van der Waals surface area contributed by atoms with E-state index in [0.29, 0.717) is 6.04 Å². The fourth-order valence-corrected chi connectivity index (χ4v) is 2.83. The maximum absolute atomic E-state index is 3.65. The van der Waals surface area contributed by atoms with Gasteiger partial charge in [0.2, 0.25) is 0 Å². The standard InChI is InChI=1S/C13H20N2S/c1-2-16-13-8-4-3-7-12(13)15-11-6-5-9-14-10-11/h3-4,7-8,11,14-15H,2,5-6,9-10H2,1H3. The fraction of sp³-hybridized carbons (Fsp3) is 0.538. The van der Waals surface area contributed by atoms with Crippen LogP contribution in [-0.4, -0.2) is 24.9 Å². The Balaban J connectivity index is 2.01. The second-order valence-corrected chi connectivity index (χ2v) is 5.42. The molecule has 1 unspecified atom stereocenters. The number of thioether (sulfide) groups is 1. The molecule has 1 aliphatic heterocycles.